The van der Waals surface area contributed by atoms with E-state index in [1.165, 1.54) is 25.9 Å². The van der Waals surface area contributed by atoms with E-state index in [2.05, 4.69) is 10.2 Å². The Balaban J connectivity index is 1.83. The Kier molecular flexibility index (Phi) is 2.86. The van der Waals surface area contributed by atoms with Crippen molar-refractivity contribution in [1.82, 2.24) is 10.2 Å². The first-order valence-electron chi connectivity index (χ1n) is 5.44. The molecule has 76 valence electrons. The van der Waals surface area contributed by atoms with E-state index >= 15 is 0 Å². The molecule has 3 heteroatoms. The molecule has 2 heterocycles. The van der Waals surface area contributed by atoms with Gasteiger partial charge in [0.25, 0.3) is 0 Å². The van der Waals surface area contributed by atoms with Gasteiger partial charge in [0, 0.05) is 6.54 Å². The summed E-state index contributed by atoms with van der Waals surface area (Å²) in [7, 11) is 0. The second kappa shape index (κ2) is 3.95. The number of rotatable bonds is 2. The summed E-state index contributed by atoms with van der Waals surface area (Å²) in [5.41, 5.74) is -0.393. The van der Waals surface area contributed by atoms with Crippen molar-refractivity contribution < 1.29 is 5.11 Å². The zero-order valence-electron chi connectivity index (χ0n) is 8.26. The van der Waals surface area contributed by atoms with Gasteiger partial charge < -0.3 is 15.3 Å². The van der Waals surface area contributed by atoms with Crippen LogP contribution >= 0.6 is 0 Å². The molecule has 0 atom stereocenters. The molecule has 0 amide bonds. The second-order valence-electron chi connectivity index (χ2n) is 4.46. The van der Waals surface area contributed by atoms with Gasteiger partial charge >= 0.3 is 0 Å². The molecule has 0 aromatic rings. The van der Waals surface area contributed by atoms with E-state index in [1.54, 1.807) is 0 Å². The van der Waals surface area contributed by atoms with E-state index in [9.17, 15) is 5.11 Å². The molecule has 0 aromatic carbocycles. The molecular formula is C10H20N2O. The van der Waals surface area contributed by atoms with Crippen molar-refractivity contribution in [3.05, 3.63) is 0 Å². The molecule has 0 bridgehead atoms. The third-order valence-corrected chi connectivity index (χ3v) is 3.25. The summed E-state index contributed by atoms with van der Waals surface area (Å²) in [5.74, 6) is 0. The molecule has 13 heavy (non-hydrogen) atoms. The second-order valence-corrected chi connectivity index (χ2v) is 4.46. The van der Waals surface area contributed by atoms with Crippen molar-refractivity contribution in [2.75, 3.05) is 32.7 Å². The predicted octanol–water partition coefficient (Wildman–Crippen LogP) is 0.197. The van der Waals surface area contributed by atoms with Gasteiger partial charge in [-0.15, -0.1) is 0 Å². The number of likely N-dealkylation sites (tertiary alicyclic amines) is 1. The fourth-order valence-electron chi connectivity index (χ4n) is 2.41. The minimum absolute atomic E-state index is 0.393. The van der Waals surface area contributed by atoms with Crippen molar-refractivity contribution in [3.8, 4) is 0 Å². The van der Waals surface area contributed by atoms with Gasteiger partial charge in [-0.1, -0.05) is 0 Å². The highest BCUT2D eigenvalue weighted by Crippen LogP contribution is 2.21. The molecule has 2 saturated heterocycles. The highest BCUT2D eigenvalue weighted by Gasteiger charge is 2.31. The number of nitrogens with zero attached hydrogens (tertiary/aromatic N) is 1. The molecule has 2 rings (SSSR count). The molecule has 3 nitrogen and oxygen atoms in total. The minimum Gasteiger partial charge on any atom is -0.388 e. The van der Waals surface area contributed by atoms with E-state index in [1.807, 2.05) is 0 Å². The third-order valence-electron chi connectivity index (χ3n) is 3.25. The van der Waals surface area contributed by atoms with Crippen molar-refractivity contribution in [2.24, 2.45) is 0 Å². The lowest BCUT2D eigenvalue weighted by Crippen LogP contribution is -2.49. The van der Waals surface area contributed by atoms with Crippen LogP contribution in [0.2, 0.25) is 0 Å². The Morgan fingerprint density at radius 2 is 1.77 bits per heavy atom. The summed E-state index contributed by atoms with van der Waals surface area (Å²) in [6.07, 6.45) is 4.47. The first kappa shape index (κ1) is 9.44. The number of hydrogen-bond acceptors (Lipinski definition) is 3. The molecule has 2 aliphatic heterocycles. The Bertz CT molecular complexity index is 160. The molecule has 0 aliphatic carbocycles. The minimum atomic E-state index is -0.393. The molecule has 2 fully saturated rings. The predicted molar refractivity (Wildman–Crippen MR) is 52.7 cm³/mol. The first-order chi connectivity index (χ1) is 6.29. The first-order valence-corrected chi connectivity index (χ1v) is 5.44. The molecular weight excluding hydrogens is 164 g/mol. The highest BCUT2D eigenvalue weighted by atomic mass is 16.3. The summed E-state index contributed by atoms with van der Waals surface area (Å²) >= 11 is 0. The van der Waals surface area contributed by atoms with E-state index in [4.69, 9.17) is 0 Å². The maximum atomic E-state index is 10.2. The van der Waals surface area contributed by atoms with E-state index in [0.29, 0.717) is 0 Å². The van der Waals surface area contributed by atoms with Gasteiger partial charge in [0.05, 0.1) is 5.60 Å². The zero-order valence-corrected chi connectivity index (χ0v) is 8.26. The average molecular weight is 184 g/mol. The highest BCUT2D eigenvalue weighted by molar-refractivity contribution is 4.88. The van der Waals surface area contributed by atoms with E-state index in [0.717, 1.165) is 32.5 Å². The van der Waals surface area contributed by atoms with Crippen LogP contribution < -0.4 is 5.32 Å². The molecule has 0 unspecified atom stereocenters. The molecule has 0 aromatic heterocycles. The Morgan fingerprint density at radius 3 is 2.38 bits per heavy atom. The molecule has 2 N–H and O–H groups in total. The zero-order chi connectivity index (χ0) is 9.15. The topological polar surface area (TPSA) is 35.5 Å². The normalized spacial score (nSPS) is 29.3. The molecule has 0 radical (unpaired) electrons. The number of nitrogens with one attached hydrogen (secondary N) is 1. The largest absolute Gasteiger partial charge is 0.388 e. The quantitative estimate of drug-likeness (QED) is 0.643. The Morgan fingerprint density at radius 1 is 1.15 bits per heavy atom. The lowest BCUT2D eigenvalue weighted by atomic mass is 9.92. The smallest absolute Gasteiger partial charge is 0.0798 e. The lowest BCUT2D eigenvalue weighted by Gasteiger charge is -2.35. The van der Waals surface area contributed by atoms with Gasteiger partial charge in [-0.3, -0.25) is 0 Å². The van der Waals surface area contributed by atoms with Crippen molar-refractivity contribution in [3.63, 3.8) is 0 Å². The number of β-amino-alcohol motifs (C(OH)–C–C–N with tert-alkyl or cyclic N) is 1. The van der Waals surface area contributed by atoms with Gasteiger partial charge in [-0.05, 0) is 51.9 Å². The van der Waals surface area contributed by atoms with Gasteiger partial charge in [-0.2, -0.15) is 0 Å². The van der Waals surface area contributed by atoms with Crippen molar-refractivity contribution in [1.29, 1.82) is 0 Å². The van der Waals surface area contributed by atoms with Crippen LogP contribution in [-0.2, 0) is 0 Å². The van der Waals surface area contributed by atoms with E-state index < -0.39 is 5.60 Å². The van der Waals surface area contributed by atoms with Gasteiger partial charge in [-0.25, -0.2) is 0 Å². The van der Waals surface area contributed by atoms with Crippen LogP contribution in [0.25, 0.3) is 0 Å². The molecule has 0 spiro atoms. The van der Waals surface area contributed by atoms with Crippen LogP contribution in [0.4, 0.5) is 0 Å². The summed E-state index contributed by atoms with van der Waals surface area (Å²) in [4.78, 5) is 2.41. The van der Waals surface area contributed by atoms with Crippen molar-refractivity contribution in [2.45, 2.75) is 31.3 Å². The Hall–Kier alpha value is -0.120. The summed E-state index contributed by atoms with van der Waals surface area (Å²) in [6.45, 7) is 5.23. The van der Waals surface area contributed by atoms with E-state index in [-0.39, 0.29) is 0 Å². The third kappa shape index (κ3) is 2.42. The monoisotopic (exact) mass is 184 g/mol. The average Bonchev–Trinajstić information content (AvgIpc) is 2.57. The maximum absolute atomic E-state index is 10.2. The summed E-state index contributed by atoms with van der Waals surface area (Å²) in [6, 6.07) is 0. The van der Waals surface area contributed by atoms with Crippen LogP contribution in [0.3, 0.4) is 0 Å². The standard InChI is InChI=1S/C10H20N2O/c13-10(3-5-11-6-4-10)9-12-7-1-2-8-12/h11,13H,1-9H2. The fraction of sp³-hybridized carbons (Fsp3) is 1.00. The van der Waals surface area contributed by atoms with Crippen LogP contribution in [0.1, 0.15) is 25.7 Å². The maximum Gasteiger partial charge on any atom is 0.0798 e. The molecule has 2 aliphatic rings. The summed E-state index contributed by atoms with van der Waals surface area (Å²) in [5, 5.41) is 13.5. The van der Waals surface area contributed by atoms with Crippen LogP contribution in [-0.4, -0.2) is 48.3 Å². The number of aliphatic hydroxyl groups is 1. The fourth-order valence-corrected chi connectivity index (χ4v) is 2.41. The van der Waals surface area contributed by atoms with Crippen LogP contribution in [0, 0.1) is 0 Å². The summed E-state index contributed by atoms with van der Waals surface area (Å²) < 4.78 is 0. The van der Waals surface area contributed by atoms with Crippen LogP contribution in [0.5, 0.6) is 0 Å². The van der Waals surface area contributed by atoms with Crippen molar-refractivity contribution >= 4 is 0 Å². The van der Waals surface area contributed by atoms with Gasteiger partial charge in [0.2, 0.25) is 0 Å². The van der Waals surface area contributed by atoms with Gasteiger partial charge in [0.15, 0.2) is 0 Å². The number of piperidine rings is 1. The van der Waals surface area contributed by atoms with Crippen LogP contribution in [0.15, 0.2) is 0 Å². The SMILES string of the molecule is OC1(CN2CCCC2)CCNCC1. The number of hydrogen-bond donors (Lipinski definition) is 2. The molecule has 0 saturated carbocycles. The van der Waals surface area contributed by atoms with Gasteiger partial charge in [0.1, 0.15) is 0 Å². The lowest BCUT2D eigenvalue weighted by molar-refractivity contribution is -0.0158. The Labute approximate surface area is 80.1 Å².